The van der Waals surface area contributed by atoms with Gasteiger partial charge in [-0.15, -0.1) is 11.3 Å². The van der Waals surface area contributed by atoms with Crippen LogP contribution < -0.4 is 5.32 Å². The van der Waals surface area contributed by atoms with E-state index in [4.69, 9.17) is 0 Å². The molecule has 1 saturated heterocycles. The lowest BCUT2D eigenvalue weighted by atomic mass is 9.98. The molecule has 0 spiro atoms. The molecule has 2 atom stereocenters. The Morgan fingerprint density at radius 2 is 2.16 bits per heavy atom. The minimum Gasteiger partial charge on any atom is -0.305 e. The summed E-state index contributed by atoms with van der Waals surface area (Å²) in [6, 6.07) is 3.67. The van der Waals surface area contributed by atoms with Crippen LogP contribution >= 0.6 is 11.3 Å². The highest BCUT2D eigenvalue weighted by Gasteiger charge is 2.21. The van der Waals surface area contributed by atoms with Crippen LogP contribution in [0.1, 0.15) is 54.0 Å². The van der Waals surface area contributed by atoms with Crippen LogP contribution in [0.25, 0.3) is 0 Å². The summed E-state index contributed by atoms with van der Waals surface area (Å²) in [5, 5.41) is 3.84. The van der Waals surface area contributed by atoms with Crippen LogP contribution in [-0.2, 0) is 12.8 Å². The van der Waals surface area contributed by atoms with Crippen molar-refractivity contribution in [2.75, 3.05) is 20.1 Å². The molecule has 106 valence electrons. The molecule has 0 radical (unpaired) electrons. The summed E-state index contributed by atoms with van der Waals surface area (Å²) < 4.78 is 0. The second kappa shape index (κ2) is 5.94. The van der Waals surface area contributed by atoms with Gasteiger partial charge in [0, 0.05) is 28.4 Å². The summed E-state index contributed by atoms with van der Waals surface area (Å²) >= 11 is 2.06. The molecule has 0 bridgehead atoms. The highest BCUT2D eigenvalue weighted by atomic mass is 32.1. The molecule has 0 saturated carbocycles. The lowest BCUT2D eigenvalue weighted by Gasteiger charge is -2.32. The summed E-state index contributed by atoms with van der Waals surface area (Å²) in [6.45, 7) is 4.81. The largest absolute Gasteiger partial charge is 0.305 e. The van der Waals surface area contributed by atoms with E-state index in [-0.39, 0.29) is 0 Å². The van der Waals surface area contributed by atoms with Gasteiger partial charge in [-0.2, -0.15) is 0 Å². The Bertz CT molecular complexity index is 403. The summed E-state index contributed by atoms with van der Waals surface area (Å²) in [4.78, 5) is 5.67. The Hall–Kier alpha value is -0.380. The zero-order valence-corrected chi connectivity index (χ0v) is 13.1. The van der Waals surface area contributed by atoms with Gasteiger partial charge in [0.05, 0.1) is 0 Å². The molecule has 1 N–H and O–H groups in total. The molecule has 3 heteroatoms. The monoisotopic (exact) mass is 278 g/mol. The molecule has 2 aliphatic rings. The lowest BCUT2D eigenvalue weighted by molar-refractivity contribution is 0.219. The molecule has 1 aliphatic heterocycles. The Kier molecular flexibility index (Phi) is 4.25. The first kappa shape index (κ1) is 13.6. The van der Waals surface area contributed by atoms with Crippen molar-refractivity contribution in [3.8, 4) is 0 Å². The number of hydrogen-bond donors (Lipinski definition) is 1. The smallest absolute Gasteiger partial charge is 0.0388 e. The molecule has 1 aliphatic carbocycles. The molecule has 0 amide bonds. The first-order chi connectivity index (χ1) is 9.22. The van der Waals surface area contributed by atoms with Crippen LogP contribution in [0.3, 0.4) is 0 Å². The highest BCUT2D eigenvalue weighted by Crippen LogP contribution is 2.33. The zero-order chi connectivity index (χ0) is 13.2. The van der Waals surface area contributed by atoms with Crippen molar-refractivity contribution in [2.24, 2.45) is 0 Å². The third-order valence-corrected chi connectivity index (χ3v) is 5.97. The third-order valence-electron chi connectivity index (χ3n) is 4.55. The van der Waals surface area contributed by atoms with Crippen LogP contribution in [0.5, 0.6) is 0 Å². The fourth-order valence-corrected chi connectivity index (χ4v) is 4.73. The molecule has 1 aromatic heterocycles. The van der Waals surface area contributed by atoms with E-state index >= 15 is 0 Å². The molecule has 2 heterocycles. The van der Waals surface area contributed by atoms with Gasteiger partial charge in [-0.1, -0.05) is 0 Å². The Morgan fingerprint density at radius 1 is 1.32 bits per heavy atom. The van der Waals surface area contributed by atoms with Crippen LogP contribution in [0.15, 0.2) is 6.07 Å². The van der Waals surface area contributed by atoms with Gasteiger partial charge in [-0.3, -0.25) is 0 Å². The summed E-state index contributed by atoms with van der Waals surface area (Å²) in [5.41, 5.74) is 1.64. The van der Waals surface area contributed by atoms with E-state index in [0.29, 0.717) is 12.1 Å². The van der Waals surface area contributed by atoms with Gasteiger partial charge in [-0.25, -0.2) is 0 Å². The minimum absolute atomic E-state index is 0.520. The summed E-state index contributed by atoms with van der Waals surface area (Å²) in [6.07, 6.45) is 8.08. The van der Waals surface area contributed by atoms with E-state index in [0.717, 1.165) is 0 Å². The number of rotatable bonds is 3. The van der Waals surface area contributed by atoms with Gasteiger partial charge >= 0.3 is 0 Å². The van der Waals surface area contributed by atoms with Crippen LogP contribution in [0.4, 0.5) is 0 Å². The predicted molar refractivity (Wildman–Crippen MR) is 83.0 cm³/mol. The van der Waals surface area contributed by atoms with Crippen molar-refractivity contribution in [3.63, 3.8) is 0 Å². The first-order valence-corrected chi connectivity index (χ1v) is 8.60. The molecule has 19 heavy (non-hydrogen) atoms. The Labute approximate surface area is 121 Å². The molecule has 0 aromatic carbocycles. The molecular weight excluding hydrogens is 252 g/mol. The topological polar surface area (TPSA) is 15.3 Å². The second-order valence-corrected chi connectivity index (χ2v) is 7.46. The maximum Gasteiger partial charge on any atom is 0.0388 e. The van der Waals surface area contributed by atoms with E-state index in [1.54, 1.807) is 15.3 Å². The van der Waals surface area contributed by atoms with E-state index in [1.807, 2.05) is 0 Å². The van der Waals surface area contributed by atoms with Gasteiger partial charge in [0.2, 0.25) is 0 Å². The van der Waals surface area contributed by atoms with Crippen LogP contribution in [-0.4, -0.2) is 31.1 Å². The van der Waals surface area contributed by atoms with E-state index < -0.39 is 0 Å². The number of likely N-dealkylation sites (N-methyl/N-ethyl adjacent to an activating group) is 1. The first-order valence-electron chi connectivity index (χ1n) is 7.78. The van der Waals surface area contributed by atoms with E-state index in [9.17, 15) is 0 Å². The standard InChI is InChI=1S/C16H26N2S/c1-12(17-14-7-5-9-18(2)11-14)16-10-13-6-3-4-8-15(13)19-16/h10,12,14,17H,3-9,11H2,1-2H3. The number of thiophene rings is 1. The van der Waals surface area contributed by atoms with Crippen LogP contribution in [0, 0.1) is 0 Å². The maximum absolute atomic E-state index is 3.84. The molecule has 2 unspecified atom stereocenters. The van der Waals surface area contributed by atoms with Gasteiger partial charge in [0.25, 0.3) is 0 Å². The van der Waals surface area contributed by atoms with Crippen molar-refractivity contribution < 1.29 is 0 Å². The van der Waals surface area contributed by atoms with Crippen molar-refractivity contribution in [3.05, 3.63) is 21.4 Å². The number of nitrogens with one attached hydrogen (secondary N) is 1. The van der Waals surface area contributed by atoms with Gasteiger partial charge in [0.15, 0.2) is 0 Å². The average Bonchev–Trinajstić information content (AvgIpc) is 2.82. The number of aryl methyl sites for hydroxylation is 2. The number of nitrogens with zero attached hydrogens (tertiary/aromatic N) is 1. The quantitative estimate of drug-likeness (QED) is 0.912. The molecule has 1 fully saturated rings. The van der Waals surface area contributed by atoms with Crippen molar-refractivity contribution in [1.82, 2.24) is 10.2 Å². The Balaban J connectivity index is 1.63. The fourth-order valence-electron chi connectivity index (χ4n) is 3.47. The lowest BCUT2D eigenvalue weighted by Crippen LogP contribution is -2.44. The third kappa shape index (κ3) is 3.21. The summed E-state index contributed by atoms with van der Waals surface area (Å²) in [5.74, 6) is 0. The normalized spacial score (nSPS) is 26.1. The highest BCUT2D eigenvalue weighted by molar-refractivity contribution is 7.12. The van der Waals surface area contributed by atoms with Crippen molar-refractivity contribution in [2.45, 2.75) is 57.5 Å². The van der Waals surface area contributed by atoms with Crippen molar-refractivity contribution in [1.29, 1.82) is 0 Å². The number of likely N-dealkylation sites (tertiary alicyclic amines) is 1. The van der Waals surface area contributed by atoms with Crippen molar-refractivity contribution >= 4 is 11.3 Å². The predicted octanol–water partition coefficient (Wildman–Crippen LogP) is 3.37. The summed E-state index contributed by atoms with van der Waals surface area (Å²) in [7, 11) is 2.24. The van der Waals surface area contributed by atoms with Gasteiger partial charge < -0.3 is 10.2 Å². The fraction of sp³-hybridized carbons (Fsp3) is 0.750. The number of fused-ring (bicyclic) bond motifs is 1. The van der Waals surface area contributed by atoms with Gasteiger partial charge in [0.1, 0.15) is 0 Å². The zero-order valence-electron chi connectivity index (χ0n) is 12.2. The molecule has 2 nitrogen and oxygen atoms in total. The SMILES string of the molecule is CC(NC1CCCN(C)C1)c1cc2c(s1)CCCC2. The number of piperidine rings is 1. The average molecular weight is 278 g/mol. The van der Waals surface area contributed by atoms with E-state index in [1.165, 1.54) is 51.6 Å². The van der Waals surface area contributed by atoms with E-state index in [2.05, 4.69) is 41.6 Å². The second-order valence-electron chi connectivity index (χ2n) is 6.29. The Morgan fingerprint density at radius 3 is 2.95 bits per heavy atom. The molecular formula is C16H26N2S. The van der Waals surface area contributed by atoms with Gasteiger partial charge in [-0.05, 0) is 70.7 Å². The number of hydrogen-bond acceptors (Lipinski definition) is 3. The molecule has 1 aromatic rings. The maximum atomic E-state index is 3.84. The van der Waals surface area contributed by atoms with Crippen LogP contribution in [0.2, 0.25) is 0 Å². The molecule has 3 rings (SSSR count). The minimum atomic E-state index is 0.520.